The number of halogens is 1. The number of carbonyl (C=O) groups excluding carboxylic acids is 1. The minimum absolute atomic E-state index is 0.356. The third-order valence-corrected chi connectivity index (χ3v) is 4.02. The molecule has 3 aromatic rings. The molecule has 0 aliphatic carbocycles. The number of pyridine rings is 1. The van der Waals surface area contributed by atoms with Crippen LogP contribution in [0.4, 0.5) is 11.6 Å². The van der Waals surface area contributed by atoms with Crippen LogP contribution in [-0.4, -0.2) is 28.0 Å². The van der Waals surface area contributed by atoms with E-state index in [0.717, 1.165) is 15.9 Å². The SMILES string of the molecule is COC(=O)c1ccc(CN(c2cnccn2)c2cc(Br)ccn2)cc1. The van der Waals surface area contributed by atoms with Gasteiger partial charge in [0, 0.05) is 23.1 Å². The normalized spacial score (nSPS) is 10.3. The van der Waals surface area contributed by atoms with E-state index in [1.165, 1.54) is 7.11 Å². The summed E-state index contributed by atoms with van der Waals surface area (Å²) < 4.78 is 5.65. The number of nitrogens with zero attached hydrogens (tertiary/aromatic N) is 4. The van der Waals surface area contributed by atoms with Crippen LogP contribution in [0.5, 0.6) is 0 Å². The fraction of sp³-hybridized carbons (Fsp3) is 0.111. The topological polar surface area (TPSA) is 68.2 Å². The molecule has 0 fully saturated rings. The van der Waals surface area contributed by atoms with Crippen molar-refractivity contribution >= 4 is 33.5 Å². The van der Waals surface area contributed by atoms with Gasteiger partial charge in [-0.2, -0.15) is 0 Å². The van der Waals surface area contributed by atoms with Gasteiger partial charge in [0.05, 0.1) is 25.4 Å². The molecule has 0 radical (unpaired) electrons. The molecule has 25 heavy (non-hydrogen) atoms. The second-order valence-electron chi connectivity index (χ2n) is 5.17. The molecular formula is C18H15BrN4O2. The molecule has 1 aromatic carbocycles. The third-order valence-electron chi connectivity index (χ3n) is 3.53. The molecule has 0 atom stereocenters. The predicted octanol–water partition coefficient (Wildman–Crippen LogP) is 3.76. The van der Waals surface area contributed by atoms with Crippen molar-refractivity contribution in [3.05, 3.63) is 76.8 Å². The Balaban J connectivity index is 1.91. The van der Waals surface area contributed by atoms with Gasteiger partial charge in [0.1, 0.15) is 5.82 Å². The Morgan fingerprint density at radius 1 is 1.08 bits per heavy atom. The lowest BCUT2D eigenvalue weighted by Gasteiger charge is -2.22. The van der Waals surface area contributed by atoms with Crippen LogP contribution in [0, 0.1) is 0 Å². The zero-order valence-corrected chi connectivity index (χ0v) is 15.0. The first-order valence-electron chi connectivity index (χ1n) is 7.50. The summed E-state index contributed by atoms with van der Waals surface area (Å²) in [5, 5.41) is 0. The molecule has 126 valence electrons. The number of hydrogen-bond acceptors (Lipinski definition) is 6. The van der Waals surface area contributed by atoms with Gasteiger partial charge in [-0.05, 0) is 29.8 Å². The molecule has 0 amide bonds. The predicted molar refractivity (Wildman–Crippen MR) is 97.6 cm³/mol. The Bertz CT molecular complexity index is 856. The molecule has 2 aromatic heterocycles. The van der Waals surface area contributed by atoms with Crippen molar-refractivity contribution in [1.29, 1.82) is 0 Å². The Kier molecular flexibility index (Phi) is 5.35. The zero-order valence-electron chi connectivity index (χ0n) is 13.5. The summed E-state index contributed by atoms with van der Waals surface area (Å²) in [6.45, 7) is 0.531. The van der Waals surface area contributed by atoms with Gasteiger partial charge in [-0.15, -0.1) is 0 Å². The van der Waals surface area contributed by atoms with Gasteiger partial charge in [0.25, 0.3) is 0 Å². The molecule has 0 aliphatic heterocycles. The van der Waals surface area contributed by atoms with Crippen molar-refractivity contribution in [1.82, 2.24) is 15.0 Å². The summed E-state index contributed by atoms with van der Waals surface area (Å²) in [4.78, 5) is 26.4. The van der Waals surface area contributed by atoms with Crippen molar-refractivity contribution < 1.29 is 9.53 Å². The van der Waals surface area contributed by atoms with E-state index in [1.54, 1.807) is 36.9 Å². The van der Waals surface area contributed by atoms with Crippen molar-refractivity contribution in [3.8, 4) is 0 Å². The van der Waals surface area contributed by atoms with Crippen LogP contribution in [0.15, 0.2) is 65.7 Å². The highest BCUT2D eigenvalue weighted by atomic mass is 79.9. The third kappa shape index (κ3) is 4.19. The molecule has 0 unspecified atom stereocenters. The van der Waals surface area contributed by atoms with Crippen molar-refractivity contribution in [2.45, 2.75) is 6.54 Å². The second-order valence-corrected chi connectivity index (χ2v) is 6.09. The maximum Gasteiger partial charge on any atom is 0.337 e. The summed E-state index contributed by atoms with van der Waals surface area (Å²) >= 11 is 3.47. The smallest absolute Gasteiger partial charge is 0.337 e. The first-order valence-corrected chi connectivity index (χ1v) is 8.29. The van der Waals surface area contributed by atoms with Gasteiger partial charge in [-0.1, -0.05) is 28.1 Å². The first kappa shape index (κ1) is 17.0. The van der Waals surface area contributed by atoms with Gasteiger partial charge >= 0.3 is 5.97 Å². The van der Waals surface area contributed by atoms with Crippen LogP contribution in [0.2, 0.25) is 0 Å². The van der Waals surface area contributed by atoms with Gasteiger partial charge < -0.3 is 9.64 Å². The molecule has 2 heterocycles. The van der Waals surface area contributed by atoms with E-state index < -0.39 is 0 Å². The zero-order chi connectivity index (χ0) is 17.6. The van der Waals surface area contributed by atoms with Crippen LogP contribution in [0.1, 0.15) is 15.9 Å². The van der Waals surface area contributed by atoms with E-state index in [4.69, 9.17) is 4.74 Å². The average molecular weight is 399 g/mol. The highest BCUT2D eigenvalue weighted by Crippen LogP contribution is 2.25. The quantitative estimate of drug-likeness (QED) is 0.609. The summed E-state index contributed by atoms with van der Waals surface area (Å²) in [5.41, 5.74) is 1.51. The van der Waals surface area contributed by atoms with E-state index in [-0.39, 0.29) is 5.97 Å². The Labute approximate surface area is 153 Å². The van der Waals surface area contributed by atoms with E-state index in [2.05, 4.69) is 30.9 Å². The van der Waals surface area contributed by atoms with Crippen molar-refractivity contribution in [2.24, 2.45) is 0 Å². The number of esters is 1. The fourth-order valence-corrected chi connectivity index (χ4v) is 2.62. The highest BCUT2D eigenvalue weighted by Gasteiger charge is 2.14. The molecule has 7 heteroatoms. The first-order chi connectivity index (χ1) is 12.2. The monoisotopic (exact) mass is 398 g/mol. The van der Waals surface area contributed by atoms with Gasteiger partial charge in [0.2, 0.25) is 0 Å². The summed E-state index contributed by atoms with van der Waals surface area (Å²) in [6, 6.07) is 11.0. The molecule has 0 saturated carbocycles. The van der Waals surface area contributed by atoms with Gasteiger partial charge in [-0.25, -0.2) is 14.8 Å². The largest absolute Gasteiger partial charge is 0.465 e. The number of ether oxygens (including phenoxy) is 1. The minimum atomic E-state index is -0.356. The van der Waals surface area contributed by atoms with Crippen molar-refractivity contribution in [2.75, 3.05) is 12.0 Å². The highest BCUT2D eigenvalue weighted by molar-refractivity contribution is 9.10. The maximum atomic E-state index is 11.6. The standard InChI is InChI=1S/C18H15BrN4O2/c1-25-18(24)14-4-2-13(3-5-14)12-23(17-11-20-8-9-22-17)16-10-15(19)6-7-21-16/h2-11H,12H2,1H3. The number of aromatic nitrogens is 3. The Morgan fingerprint density at radius 2 is 1.84 bits per heavy atom. The Hall–Kier alpha value is -2.80. The molecule has 0 saturated heterocycles. The van der Waals surface area contributed by atoms with Gasteiger partial charge in [-0.3, -0.25) is 4.98 Å². The number of anilines is 2. The number of hydrogen-bond donors (Lipinski definition) is 0. The molecule has 0 aliphatic rings. The fourth-order valence-electron chi connectivity index (χ4n) is 2.30. The molecule has 6 nitrogen and oxygen atoms in total. The number of benzene rings is 1. The van der Waals surface area contributed by atoms with Crippen molar-refractivity contribution in [3.63, 3.8) is 0 Å². The molecule has 0 bridgehead atoms. The van der Waals surface area contributed by atoms with E-state index >= 15 is 0 Å². The maximum absolute atomic E-state index is 11.6. The van der Waals surface area contributed by atoms with E-state index in [0.29, 0.717) is 17.9 Å². The lowest BCUT2D eigenvalue weighted by atomic mass is 10.1. The second kappa shape index (κ2) is 7.85. The molecule has 3 rings (SSSR count). The summed E-state index contributed by atoms with van der Waals surface area (Å²) in [5.74, 6) is 1.07. The van der Waals surface area contributed by atoms with Crippen LogP contribution >= 0.6 is 15.9 Å². The molecular weight excluding hydrogens is 384 g/mol. The van der Waals surface area contributed by atoms with Crippen LogP contribution in [0.25, 0.3) is 0 Å². The van der Waals surface area contributed by atoms with Gasteiger partial charge in [0.15, 0.2) is 5.82 Å². The summed E-state index contributed by atoms with van der Waals surface area (Å²) in [6.07, 6.45) is 6.68. The lowest BCUT2D eigenvalue weighted by Crippen LogP contribution is -2.19. The van der Waals surface area contributed by atoms with Crippen LogP contribution in [-0.2, 0) is 11.3 Å². The van der Waals surface area contributed by atoms with E-state index in [9.17, 15) is 4.79 Å². The minimum Gasteiger partial charge on any atom is -0.465 e. The number of rotatable bonds is 5. The van der Waals surface area contributed by atoms with Crippen LogP contribution in [0.3, 0.4) is 0 Å². The van der Waals surface area contributed by atoms with Crippen LogP contribution < -0.4 is 4.90 Å². The number of methoxy groups -OCH3 is 1. The Morgan fingerprint density at radius 3 is 2.48 bits per heavy atom. The lowest BCUT2D eigenvalue weighted by molar-refractivity contribution is 0.0600. The van der Waals surface area contributed by atoms with E-state index in [1.807, 2.05) is 29.2 Å². The summed E-state index contributed by atoms with van der Waals surface area (Å²) in [7, 11) is 1.37. The molecule has 0 N–H and O–H groups in total. The molecule has 0 spiro atoms. The number of carbonyl (C=O) groups is 1. The average Bonchev–Trinajstić information content (AvgIpc) is 2.66.